The Morgan fingerprint density at radius 3 is 2.76 bits per heavy atom. The lowest BCUT2D eigenvalue weighted by molar-refractivity contribution is 0.457. The Kier molecular flexibility index (Phi) is 2.87. The molecular weight excluding hydrogens is 312 g/mol. The van der Waals surface area contributed by atoms with E-state index in [4.69, 9.17) is 0 Å². The molecule has 0 spiro atoms. The predicted octanol–water partition coefficient (Wildman–Crippen LogP) is 3.28. The van der Waals surface area contributed by atoms with Crippen LogP contribution < -0.4 is 10.4 Å². The Morgan fingerprint density at radius 2 is 1.88 bits per heavy atom. The molecule has 0 saturated carbocycles. The van der Waals surface area contributed by atoms with Gasteiger partial charge in [-0.3, -0.25) is 0 Å². The van der Waals surface area contributed by atoms with Crippen molar-refractivity contribution in [1.29, 1.82) is 0 Å². The van der Waals surface area contributed by atoms with Crippen LogP contribution in [-0.4, -0.2) is 15.1 Å². The van der Waals surface area contributed by atoms with Crippen molar-refractivity contribution in [2.24, 2.45) is 10.2 Å². The van der Waals surface area contributed by atoms with Crippen LogP contribution >= 0.6 is 0 Å². The molecule has 5 rings (SSSR count). The Balaban J connectivity index is 1.69. The number of nitrogens with one attached hydrogen (secondary N) is 2. The Morgan fingerprint density at radius 1 is 0.960 bits per heavy atom. The molecule has 1 aliphatic heterocycles. The maximum atomic E-state index is 10.2. The van der Waals surface area contributed by atoms with E-state index in [1.54, 1.807) is 0 Å². The molecule has 3 heterocycles. The molecule has 4 aromatic rings. The zero-order chi connectivity index (χ0) is 16.8. The Bertz CT molecular complexity index is 1250. The minimum atomic E-state index is 0.168. The molecular formula is C20H14N4O. The van der Waals surface area contributed by atoms with E-state index in [-0.39, 0.29) is 5.88 Å². The van der Waals surface area contributed by atoms with Gasteiger partial charge in [-0.2, -0.15) is 0 Å². The molecule has 25 heavy (non-hydrogen) atoms. The molecule has 5 heteroatoms. The van der Waals surface area contributed by atoms with E-state index in [1.165, 1.54) is 0 Å². The highest BCUT2D eigenvalue weighted by Gasteiger charge is 2.12. The standard InChI is InChI=1S/C20H14N4O/c25-20-15(13-4-1-2-5-16(13)22-20)10-12-7-8-14-18(11-12)23-24-19(14)17-6-3-9-21-17/h1-11,21-22,25H/b12-10+. The second kappa shape index (κ2) is 5.21. The molecule has 120 valence electrons. The van der Waals surface area contributed by atoms with Crippen molar-refractivity contribution in [1.82, 2.24) is 9.97 Å². The van der Waals surface area contributed by atoms with E-state index in [2.05, 4.69) is 20.2 Å². The third-order valence-corrected chi connectivity index (χ3v) is 4.42. The molecule has 0 radical (unpaired) electrons. The quantitative estimate of drug-likeness (QED) is 0.519. The second-order valence-electron chi connectivity index (χ2n) is 5.99. The fourth-order valence-electron chi connectivity index (χ4n) is 3.22. The Hall–Kier alpha value is -3.60. The van der Waals surface area contributed by atoms with E-state index in [9.17, 15) is 5.11 Å². The molecule has 0 saturated heterocycles. The number of aromatic amines is 2. The number of hydrogen-bond acceptors (Lipinski definition) is 3. The monoisotopic (exact) mass is 326 g/mol. The molecule has 0 atom stereocenters. The summed E-state index contributed by atoms with van der Waals surface area (Å²) in [5.41, 5.74) is 4.32. The molecule has 2 aromatic heterocycles. The fourth-order valence-corrected chi connectivity index (χ4v) is 3.22. The zero-order valence-electron chi connectivity index (χ0n) is 13.2. The van der Waals surface area contributed by atoms with Gasteiger partial charge >= 0.3 is 0 Å². The number of para-hydroxylation sites is 1. The lowest BCUT2D eigenvalue weighted by Gasteiger charge is -1.95. The van der Waals surface area contributed by atoms with Crippen LogP contribution in [0.3, 0.4) is 0 Å². The minimum Gasteiger partial charge on any atom is -0.494 e. The zero-order valence-corrected chi connectivity index (χ0v) is 13.2. The maximum Gasteiger partial charge on any atom is 0.196 e. The van der Waals surface area contributed by atoms with Crippen molar-refractivity contribution >= 4 is 28.4 Å². The number of hydrogen-bond donors (Lipinski definition) is 3. The van der Waals surface area contributed by atoms with Crippen molar-refractivity contribution in [3.63, 3.8) is 0 Å². The second-order valence-corrected chi connectivity index (χ2v) is 5.99. The molecule has 3 N–H and O–H groups in total. The normalized spacial score (nSPS) is 13.8. The highest BCUT2D eigenvalue weighted by molar-refractivity contribution is 5.91. The van der Waals surface area contributed by atoms with Gasteiger partial charge in [-0.25, -0.2) is 0 Å². The van der Waals surface area contributed by atoms with Crippen molar-refractivity contribution in [3.05, 3.63) is 82.5 Å². The summed E-state index contributed by atoms with van der Waals surface area (Å²) in [5, 5.41) is 21.8. The van der Waals surface area contributed by atoms with Crippen LogP contribution in [0.15, 0.2) is 71.0 Å². The summed E-state index contributed by atoms with van der Waals surface area (Å²) in [6, 6.07) is 17.8. The van der Waals surface area contributed by atoms with Gasteiger partial charge in [0.2, 0.25) is 0 Å². The number of rotatable bonds is 2. The van der Waals surface area contributed by atoms with Gasteiger partial charge in [0.15, 0.2) is 5.88 Å². The number of benzene rings is 2. The van der Waals surface area contributed by atoms with E-state index in [0.29, 0.717) is 0 Å². The van der Waals surface area contributed by atoms with Crippen molar-refractivity contribution in [2.45, 2.75) is 0 Å². The van der Waals surface area contributed by atoms with Crippen molar-refractivity contribution in [3.8, 4) is 5.88 Å². The molecule has 2 aromatic carbocycles. The molecule has 0 unspecified atom stereocenters. The average molecular weight is 326 g/mol. The van der Waals surface area contributed by atoms with Crippen LogP contribution in [0.5, 0.6) is 5.88 Å². The SMILES string of the molecule is Oc1[nH]c2ccccc2c1/C=c1\ccc2c(c1)N=NC=2c1ccc[nH]1. The van der Waals surface area contributed by atoms with Gasteiger partial charge in [0.25, 0.3) is 0 Å². The third-order valence-electron chi connectivity index (χ3n) is 4.42. The van der Waals surface area contributed by atoms with E-state index in [0.717, 1.165) is 44.0 Å². The van der Waals surface area contributed by atoms with E-state index < -0.39 is 0 Å². The Labute approximate surface area is 142 Å². The van der Waals surface area contributed by atoms with Gasteiger partial charge in [0.1, 0.15) is 5.70 Å². The van der Waals surface area contributed by atoms with Crippen LogP contribution in [0.1, 0.15) is 11.3 Å². The van der Waals surface area contributed by atoms with Gasteiger partial charge < -0.3 is 15.1 Å². The third kappa shape index (κ3) is 2.17. The molecule has 1 aliphatic rings. The first-order valence-electron chi connectivity index (χ1n) is 8.01. The smallest absolute Gasteiger partial charge is 0.196 e. The number of fused-ring (bicyclic) bond motifs is 2. The molecule has 5 nitrogen and oxygen atoms in total. The van der Waals surface area contributed by atoms with E-state index in [1.807, 2.05) is 66.9 Å². The summed E-state index contributed by atoms with van der Waals surface area (Å²) in [6.07, 6.45) is 3.83. The number of aromatic nitrogens is 2. The first-order valence-corrected chi connectivity index (χ1v) is 8.01. The molecule has 0 fully saturated rings. The van der Waals surface area contributed by atoms with Gasteiger partial charge in [-0.15, -0.1) is 10.2 Å². The highest BCUT2D eigenvalue weighted by atomic mass is 16.3. The van der Waals surface area contributed by atoms with Crippen LogP contribution in [-0.2, 0) is 0 Å². The van der Waals surface area contributed by atoms with Gasteiger partial charge in [-0.05, 0) is 41.6 Å². The minimum absolute atomic E-state index is 0.168. The number of azo groups is 1. The van der Waals surface area contributed by atoms with Gasteiger partial charge in [0.05, 0.1) is 11.4 Å². The number of aromatic hydroxyl groups is 1. The number of nitrogens with zero attached hydrogens (tertiary/aromatic N) is 2. The van der Waals surface area contributed by atoms with Gasteiger partial charge in [-0.1, -0.05) is 24.3 Å². The molecule has 0 amide bonds. The summed E-state index contributed by atoms with van der Waals surface area (Å²) in [7, 11) is 0. The fraction of sp³-hybridized carbons (Fsp3) is 0. The van der Waals surface area contributed by atoms with Crippen molar-refractivity contribution in [2.75, 3.05) is 0 Å². The van der Waals surface area contributed by atoms with E-state index >= 15 is 0 Å². The first kappa shape index (κ1) is 13.8. The van der Waals surface area contributed by atoms with Crippen molar-refractivity contribution < 1.29 is 5.11 Å². The largest absolute Gasteiger partial charge is 0.494 e. The lowest BCUT2D eigenvalue weighted by atomic mass is 10.1. The first-order chi connectivity index (χ1) is 12.3. The summed E-state index contributed by atoms with van der Waals surface area (Å²) in [4.78, 5) is 6.16. The average Bonchev–Trinajstić information content (AvgIpc) is 3.34. The molecule has 0 aliphatic carbocycles. The maximum absolute atomic E-state index is 10.2. The summed E-state index contributed by atoms with van der Waals surface area (Å²) in [6.45, 7) is 0. The van der Waals surface area contributed by atoms with Crippen LogP contribution in [0, 0.1) is 0 Å². The lowest BCUT2D eigenvalue weighted by Crippen LogP contribution is -2.09. The predicted molar refractivity (Wildman–Crippen MR) is 97.0 cm³/mol. The summed E-state index contributed by atoms with van der Waals surface area (Å²) >= 11 is 0. The summed E-state index contributed by atoms with van der Waals surface area (Å²) in [5.74, 6) is 0.168. The molecule has 0 bridgehead atoms. The topological polar surface area (TPSA) is 76.5 Å². The summed E-state index contributed by atoms with van der Waals surface area (Å²) < 4.78 is 0. The highest BCUT2D eigenvalue weighted by Crippen LogP contribution is 2.27. The van der Waals surface area contributed by atoms with Crippen LogP contribution in [0.4, 0.5) is 5.69 Å². The van der Waals surface area contributed by atoms with Gasteiger partial charge in [0, 0.05) is 27.9 Å². The van der Waals surface area contributed by atoms with Crippen LogP contribution in [0.25, 0.3) is 22.7 Å². The van der Waals surface area contributed by atoms with Crippen LogP contribution in [0.2, 0.25) is 0 Å². The number of H-pyrrole nitrogens is 2.